The van der Waals surface area contributed by atoms with Gasteiger partial charge in [0.1, 0.15) is 6.29 Å². The smallest absolute Gasteiger partial charge is 0.137 e. The highest BCUT2D eigenvalue weighted by Crippen LogP contribution is 2.19. The fraction of sp³-hybridized carbons (Fsp3) is 0.857. The summed E-state index contributed by atoms with van der Waals surface area (Å²) in [6.07, 6.45) is 2.22. The van der Waals surface area contributed by atoms with Crippen LogP contribution in [0.5, 0.6) is 0 Å². The van der Waals surface area contributed by atoms with E-state index in [-0.39, 0.29) is 6.04 Å². The topological polar surface area (TPSA) is 20.3 Å². The van der Waals surface area contributed by atoms with Gasteiger partial charge in [-0.25, -0.2) is 0 Å². The molecule has 0 bridgehead atoms. The summed E-state index contributed by atoms with van der Waals surface area (Å²) in [7, 11) is 2.00. The Labute approximate surface area is 55.8 Å². The third kappa shape index (κ3) is 1.13. The average Bonchev–Trinajstić information content (AvgIpc) is 2.12. The van der Waals surface area contributed by atoms with E-state index in [2.05, 4.69) is 11.8 Å². The Bertz CT molecular complexity index is 103. The third-order valence-corrected chi connectivity index (χ3v) is 2.17. The minimum absolute atomic E-state index is 0.185. The van der Waals surface area contributed by atoms with Crippen LogP contribution in [0.15, 0.2) is 0 Å². The Morgan fingerprint density at radius 1 is 1.67 bits per heavy atom. The maximum absolute atomic E-state index is 10.4. The van der Waals surface area contributed by atoms with E-state index in [9.17, 15) is 4.79 Å². The van der Waals surface area contributed by atoms with Gasteiger partial charge < -0.3 is 4.79 Å². The molecule has 0 N–H and O–H groups in total. The molecule has 1 unspecified atom stereocenters. The number of carbonyl (C=O) groups is 1. The molecule has 0 radical (unpaired) electrons. The van der Waals surface area contributed by atoms with E-state index in [4.69, 9.17) is 0 Å². The molecule has 0 aromatic carbocycles. The van der Waals surface area contributed by atoms with Gasteiger partial charge in [0.05, 0.1) is 6.04 Å². The second kappa shape index (κ2) is 2.48. The molecule has 2 atom stereocenters. The maximum atomic E-state index is 10.4. The molecule has 0 aliphatic carbocycles. The third-order valence-electron chi connectivity index (χ3n) is 2.17. The highest BCUT2D eigenvalue weighted by Gasteiger charge is 2.27. The monoisotopic (exact) mass is 127 g/mol. The summed E-state index contributed by atoms with van der Waals surface area (Å²) in [4.78, 5) is 12.5. The van der Waals surface area contributed by atoms with Crippen molar-refractivity contribution in [3.05, 3.63) is 0 Å². The highest BCUT2D eigenvalue weighted by atomic mass is 16.1. The van der Waals surface area contributed by atoms with Gasteiger partial charge in [-0.15, -0.1) is 0 Å². The molecule has 0 spiro atoms. The van der Waals surface area contributed by atoms with E-state index >= 15 is 0 Å². The van der Waals surface area contributed by atoms with Crippen LogP contribution in [0.1, 0.15) is 13.3 Å². The largest absolute Gasteiger partial charge is 0.302 e. The molecular formula is C7H13NO. The number of nitrogens with zero attached hydrogens (tertiary/aromatic N) is 1. The molecule has 0 saturated carbocycles. The van der Waals surface area contributed by atoms with Gasteiger partial charge in [-0.3, -0.25) is 4.90 Å². The first-order valence-corrected chi connectivity index (χ1v) is 3.41. The minimum atomic E-state index is 0.185. The summed E-state index contributed by atoms with van der Waals surface area (Å²) in [5.74, 6) is 0.562. The Hall–Kier alpha value is -0.370. The first-order chi connectivity index (χ1) is 4.25. The zero-order valence-electron chi connectivity index (χ0n) is 6.00. The molecule has 1 fully saturated rings. The van der Waals surface area contributed by atoms with E-state index in [1.165, 1.54) is 6.42 Å². The number of rotatable bonds is 1. The van der Waals surface area contributed by atoms with Gasteiger partial charge in [-0.1, -0.05) is 6.92 Å². The maximum Gasteiger partial charge on any atom is 0.137 e. The molecule has 1 saturated heterocycles. The van der Waals surface area contributed by atoms with Crippen molar-refractivity contribution in [2.45, 2.75) is 19.4 Å². The zero-order chi connectivity index (χ0) is 6.85. The van der Waals surface area contributed by atoms with E-state index in [1.54, 1.807) is 0 Å². The van der Waals surface area contributed by atoms with Crippen LogP contribution in [-0.2, 0) is 4.79 Å². The van der Waals surface area contributed by atoms with Gasteiger partial charge in [0.15, 0.2) is 0 Å². The molecule has 9 heavy (non-hydrogen) atoms. The van der Waals surface area contributed by atoms with Crippen molar-refractivity contribution in [3.63, 3.8) is 0 Å². The molecule has 0 amide bonds. The molecule has 1 aliphatic rings. The summed E-state index contributed by atoms with van der Waals surface area (Å²) in [5.41, 5.74) is 0. The summed E-state index contributed by atoms with van der Waals surface area (Å²) < 4.78 is 0. The molecule has 0 aromatic rings. The second-order valence-electron chi connectivity index (χ2n) is 2.87. The number of hydrogen-bond acceptors (Lipinski definition) is 2. The molecule has 1 aliphatic heterocycles. The van der Waals surface area contributed by atoms with Crippen LogP contribution in [0.2, 0.25) is 0 Å². The van der Waals surface area contributed by atoms with Gasteiger partial charge in [0.2, 0.25) is 0 Å². The molecular weight excluding hydrogens is 114 g/mol. The predicted octanol–water partition coefficient (Wildman–Crippen LogP) is 0.526. The lowest BCUT2D eigenvalue weighted by Crippen LogP contribution is -2.29. The molecule has 0 aromatic heterocycles. The van der Waals surface area contributed by atoms with Crippen molar-refractivity contribution in [1.29, 1.82) is 0 Å². The minimum Gasteiger partial charge on any atom is -0.302 e. The van der Waals surface area contributed by atoms with E-state index in [1.807, 2.05) is 7.05 Å². The SMILES string of the molecule is C[C@H]1CCN(C)C1C=O. The lowest BCUT2D eigenvalue weighted by atomic mass is 10.1. The fourth-order valence-corrected chi connectivity index (χ4v) is 1.40. The number of aldehydes is 1. The zero-order valence-corrected chi connectivity index (χ0v) is 6.00. The van der Waals surface area contributed by atoms with Crippen LogP contribution in [0.4, 0.5) is 0 Å². The fourth-order valence-electron chi connectivity index (χ4n) is 1.40. The number of likely N-dealkylation sites (N-methyl/N-ethyl adjacent to an activating group) is 1. The standard InChI is InChI=1S/C7H13NO/c1-6-3-4-8(2)7(6)5-9/h5-7H,3-4H2,1-2H3/t6-,7?/m0/s1. The Morgan fingerprint density at radius 3 is 2.56 bits per heavy atom. The van der Waals surface area contributed by atoms with Crippen LogP contribution < -0.4 is 0 Å². The van der Waals surface area contributed by atoms with E-state index < -0.39 is 0 Å². The first-order valence-electron chi connectivity index (χ1n) is 3.41. The Morgan fingerprint density at radius 2 is 2.33 bits per heavy atom. The van der Waals surface area contributed by atoms with E-state index in [0.717, 1.165) is 12.8 Å². The van der Waals surface area contributed by atoms with Crippen LogP contribution in [0.3, 0.4) is 0 Å². The van der Waals surface area contributed by atoms with Crippen molar-refractivity contribution < 1.29 is 4.79 Å². The first kappa shape index (κ1) is 6.75. The summed E-state index contributed by atoms with van der Waals surface area (Å²) in [6.45, 7) is 3.20. The van der Waals surface area contributed by atoms with Crippen molar-refractivity contribution in [2.75, 3.05) is 13.6 Å². The summed E-state index contributed by atoms with van der Waals surface area (Å²) in [6, 6.07) is 0.185. The van der Waals surface area contributed by atoms with Crippen LogP contribution in [0.25, 0.3) is 0 Å². The number of carbonyl (C=O) groups excluding carboxylic acids is 1. The highest BCUT2D eigenvalue weighted by molar-refractivity contribution is 5.58. The van der Waals surface area contributed by atoms with Crippen LogP contribution >= 0.6 is 0 Å². The molecule has 1 heterocycles. The quantitative estimate of drug-likeness (QED) is 0.479. The molecule has 52 valence electrons. The summed E-state index contributed by atoms with van der Waals surface area (Å²) in [5, 5.41) is 0. The van der Waals surface area contributed by atoms with Gasteiger partial charge in [0.25, 0.3) is 0 Å². The van der Waals surface area contributed by atoms with Gasteiger partial charge in [0, 0.05) is 0 Å². The van der Waals surface area contributed by atoms with Gasteiger partial charge in [-0.05, 0) is 25.9 Å². The van der Waals surface area contributed by atoms with E-state index in [0.29, 0.717) is 5.92 Å². The number of hydrogen-bond donors (Lipinski definition) is 0. The lowest BCUT2D eigenvalue weighted by Gasteiger charge is -2.14. The summed E-state index contributed by atoms with van der Waals surface area (Å²) >= 11 is 0. The Balaban J connectivity index is 2.54. The second-order valence-corrected chi connectivity index (χ2v) is 2.87. The van der Waals surface area contributed by atoms with Crippen molar-refractivity contribution in [3.8, 4) is 0 Å². The normalized spacial score (nSPS) is 37.1. The molecule has 2 heteroatoms. The number of likely N-dealkylation sites (tertiary alicyclic amines) is 1. The van der Waals surface area contributed by atoms with Gasteiger partial charge >= 0.3 is 0 Å². The van der Waals surface area contributed by atoms with Crippen molar-refractivity contribution in [2.24, 2.45) is 5.92 Å². The molecule has 2 nitrogen and oxygen atoms in total. The molecule has 1 rings (SSSR count). The lowest BCUT2D eigenvalue weighted by molar-refractivity contribution is -0.112. The van der Waals surface area contributed by atoms with Crippen molar-refractivity contribution >= 4 is 6.29 Å². The van der Waals surface area contributed by atoms with Crippen molar-refractivity contribution in [1.82, 2.24) is 4.90 Å². The Kier molecular flexibility index (Phi) is 1.86. The average molecular weight is 127 g/mol. The predicted molar refractivity (Wildman–Crippen MR) is 36.3 cm³/mol. The van der Waals surface area contributed by atoms with Crippen LogP contribution in [-0.4, -0.2) is 30.8 Å². The van der Waals surface area contributed by atoms with Gasteiger partial charge in [-0.2, -0.15) is 0 Å². The van der Waals surface area contributed by atoms with Crippen LogP contribution in [0, 0.1) is 5.92 Å².